The Labute approximate surface area is 113 Å². The van der Waals surface area contributed by atoms with Crippen LogP contribution in [0, 0.1) is 0 Å². The van der Waals surface area contributed by atoms with Crippen molar-refractivity contribution in [2.75, 3.05) is 46.8 Å². The first kappa shape index (κ1) is 20.0. The van der Waals surface area contributed by atoms with Gasteiger partial charge in [-0.05, 0) is 0 Å². The van der Waals surface area contributed by atoms with Gasteiger partial charge < -0.3 is 18.9 Å². The van der Waals surface area contributed by atoms with E-state index < -0.39 is 27.7 Å². The molecule has 0 N–H and O–H groups in total. The maximum absolute atomic E-state index is 12.3. The van der Waals surface area contributed by atoms with Crippen LogP contribution in [0.2, 0.25) is 0 Å². The van der Waals surface area contributed by atoms with Crippen molar-refractivity contribution in [1.82, 2.24) is 0 Å². The summed E-state index contributed by atoms with van der Waals surface area (Å²) in [5.74, 6) is 0. The molecule has 20 heavy (non-hydrogen) atoms. The summed E-state index contributed by atoms with van der Waals surface area (Å²) in [6, 6.07) is 0. The highest BCUT2D eigenvalue weighted by molar-refractivity contribution is 7.71. The van der Waals surface area contributed by atoms with Crippen molar-refractivity contribution in [2.24, 2.45) is 0 Å². The molecule has 122 valence electrons. The van der Waals surface area contributed by atoms with E-state index in [0.717, 1.165) is 0 Å². The Kier molecular flexibility index (Phi) is 9.88. The van der Waals surface area contributed by atoms with E-state index in [1.54, 1.807) is 0 Å². The topological polar surface area (TPSA) is 71.1 Å². The predicted octanol–water partition coefficient (Wildman–Crippen LogP) is 3.23. The maximum Gasteiger partial charge on any atom is 0.443 e. The van der Waals surface area contributed by atoms with Gasteiger partial charge in [0.05, 0.1) is 39.6 Å². The van der Waals surface area contributed by atoms with Crippen molar-refractivity contribution in [2.45, 2.75) is 5.59 Å². The first-order valence-corrected chi connectivity index (χ1v) is 8.55. The molecule has 0 rings (SSSR count). The summed E-state index contributed by atoms with van der Waals surface area (Å²) in [5, 5.41) is 0. The third-order valence-electron chi connectivity index (χ3n) is 1.81. The average Bonchev–Trinajstić information content (AvgIpc) is 2.28. The summed E-state index contributed by atoms with van der Waals surface area (Å²) in [6.07, 6.45) is 0. The minimum Gasteiger partial charge on any atom is -0.382 e. The molecule has 0 aliphatic carbocycles. The van der Waals surface area contributed by atoms with Crippen molar-refractivity contribution in [3.8, 4) is 0 Å². The van der Waals surface area contributed by atoms with Gasteiger partial charge in [0.1, 0.15) is 0 Å². The molecule has 0 spiro atoms. The Morgan fingerprint density at radius 3 is 1.60 bits per heavy atom. The Morgan fingerprint density at radius 2 is 1.20 bits per heavy atom. The van der Waals surface area contributed by atoms with Gasteiger partial charge in [-0.15, -0.1) is 16.8 Å². The van der Waals surface area contributed by atoms with Gasteiger partial charge in [0, 0.05) is 7.11 Å². The molecular formula is C8H16F4O6P2. The predicted molar refractivity (Wildman–Crippen MR) is 62.9 cm³/mol. The first-order valence-electron chi connectivity index (χ1n) is 5.43. The van der Waals surface area contributed by atoms with Gasteiger partial charge in [0.25, 0.3) is 5.59 Å². The molecule has 12 heteroatoms. The van der Waals surface area contributed by atoms with Gasteiger partial charge in [-0.2, -0.15) is 0 Å². The molecule has 0 unspecified atom stereocenters. The van der Waals surface area contributed by atoms with Gasteiger partial charge in [0.2, 0.25) is 0 Å². The van der Waals surface area contributed by atoms with Crippen LogP contribution in [-0.2, 0) is 28.1 Å². The molecule has 0 heterocycles. The van der Waals surface area contributed by atoms with Gasteiger partial charge >= 0.3 is 15.5 Å². The van der Waals surface area contributed by atoms with Crippen LogP contribution in [0.3, 0.4) is 0 Å². The number of hydrogen-bond donors (Lipinski definition) is 0. The van der Waals surface area contributed by atoms with Gasteiger partial charge in [0.15, 0.2) is 0 Å². The second kappa shape index (κ2) is 9.87. The van der Waals surface area contributed by atoms with Crippen LogP contribution in [-0.4, -0.2) is 52.3 Å². The fraction of sp³-hybridized carbons (Fsp3) is 1.00. The summed E-state index contributed by atoms with van der Waals surface area (Å²) < 4.78 is 88.4. The third-order valence-corrected chi connectivity index (χ3v) is 4.75. The second-order valence-electron chi connectivity index (χ2n) is 3.42. The molecule has 0 fully saturated rings. The standard InChI is InChI=1S/C8H16F4O6P2/c1-15-2-3-16-4-5-17-6-7-18-8(19(9,10)13)20(11,12)14/h8H,2-7H2,1H3. The summed E-state index contributed by atoms with van der Waals surface area (Å²) in [6.45, 7) is 0.0435. The smallest absolute Gasteiger partial charge is 0.382 e. The fourth-order valence-corrected chi connectivity index (χ4v) is 2.82. The van der Waals surface area contributed by atoms with Gasteiger partial charge in [-0.3, -0.25) is 0 Å². The minimum atomic E-state index is -6.30. The monoisotopic (exact) mass is 346 g/mol. The van der Waals surface area contributed by atoms with Crippen LogP contribution in [0.1, 0.15) is 0 Å². The highest BCUT2D eigenvalue weighted by Gasteiger charge is 2.50. The number of ether oxygens (including phenoxy) is 4. The van der Waals surface area contributed by atoms with Crippen molar-refractivity contribution in [3.63, 3.8) is 0 Å². The lowest BCUT2D eigenvalue weighted by Crippen LogP contribution is -2.14. The summed E-state index contributed by atoms with van der Waals surface area (Å²) in [5.41, 5.74) is -3.35. The zero-order valence-electron chi connectivity index (χ0n) is 10.7. The van der Waals surface area contributed by atoms with Crippen LogP contribution >= 0.6 is 15.5 Å². The minimum absolute atomic E-state index is 0.0869. The lowest BCUT2D eigenvalue weighted by molar-refractivity contribution is 0.00373. The third kappa shape index (κ3) is 9.85. The molecule has 0 saturated heterocycles. The van der Waals surface area contributed by atoms with E-state index in [0.29, 0.717) is 13.2 Å². The molecule has 0 amide bonds. The number of rotatable bonds is 12. The number of halogens is 4. The molecule has 6 nitrogen and oxygen atoms in total. The zero-order chi connectivity index (χ0) is 15.6. The number of hydrogen-bond acceptors (Lipinski definition) is 6. The van der Waals surface area contributed by atoms with E-state index in [2.05, 4.69) is 4.74 Å². The van der Waals surface area contributed by atoms with E-state index in [4.69, 9.17) is 14.2 Å². The van der Waals surface area contributed by atoms with Crippen LogP contribution in [0.25, 0.3) is 0 Å². The Hall–Kier alpha value is 0.0200. The van der Waals surface area contributed by atoms with Crippen molar-refractivity contribution in [1.29, 1.82) is 0 Å². The molecule has 0 saturated carbocycles. The molecule has 0 aliphatic heterocycles. The normalized spacial score (nSPS) is 13.1. The molecule has 0 aromatic rings. The highest BCUT2D eigenvalue weighted by atomic mass is 31.3. The SMILES string of the molecule is COCCOCCOCCOC(P(=O)(F)F)P(=O)(F)F. The van der Waals surface area contributed by atoms with Crippen LogP contribution in [0.4, 0.5) is 16.8 Å². The van der Waals surface area contributed by atoms with E-state index in [-0.39, 0.29) is 19.8 Å². The zero-order valence-corrected chi connectivity index (χ0v) is 12.5. The lowest BCUT2D eigenvalue weighted by Gasteiger charge is -2.14. The van der Waals surface area contributed by atoms with E-state index in [9.17, 15) is 25.9 Å². The quantitative estimate of drug-likeness (QED) is 0.307. The van der Waals surface area contributed by atoms with Crippen molar-refractivity contribution >= 4 is 15.5 Å². The largest absolute Gasteiger partial charge is 0.443 e. The van der Waals surface area contributed by atoms with Crippen LogP contribution in [0.5, 0.6) is 0 Å². The molecule has 0 bridgehead atoms. The van der Waals surface area contributed by atoms with E-state index >= 15 is 0 Å². The molecule has 0 aromatic heterocycles. The number of methoxy groups -OCH3 is 1. The fourth-order valence-electron chi connectivity index (χ4n) is 1.01. The van der Waals surface area contributed by atoms with E-state index in [1.165, 1.54) is 7.11 Å². The second-order valence-corrected chi connectivity index (χ2v) is 6.77. The van der Waals surface area contributed by atoms with Gasteiger partial charge in [-0.1, -0.05) is 0 Å². The van der Waals surface area contributed by atoms with Crippen molar-refractivity contribution < 1.29 is 44.9 Å². The Balaban J connectivity index is 3.77. The molecule has 0 atom stereocenters. The van der Waals surface area contributed by atoms with Gasteiger partial charge in [-0.25, -0.2) is 9.13 Å². The average molecular weight is 346 g/mol. The molecule has 0 radical (unpaired) electrons. The first-order chi connectivity index (χ1) is 9.19. The Bertz CT molecular complexity index is 324. The summed E-state index contributed by atoms with van der Waals surface area (Å²) in [4.78, 5) is 0. The van der Waals surface area contributed by atoms with E-state index in [1.807, 2.05) is 0 Å². The summed E-state index contributed by atoms with van der Waals surface area (Å²) >= 11 is 0. The van der Waals surface area contributed by atoms with Crippen LogP contribution < -0.4 is 0 Å². The highest BCUT2D eigenvalue weighted by Crippen LogP contribution is 2.72. The maximum atomic E-state index is 12.3. The Morgan fingerprint density at radius 1 is 0.800 bits per heavy atom. The molecule has 0 aliphatic rings. The molecular weight excluding hydrogens is 330 g/mol. The van der Waals surface area contributed by atoms with Crippen LogP contribution in [0.15, 0.2) is 0 Å². The lowest BCUT2D eigenvalue weighted by atomic mass is 10.7. The molecule has 0 aromatic carbocycles. The van der Waals surface area contributed by atoms with Crippen molar-refractivity contribution in [3.05, 3.63) is 0 Å². The summed E-state index contributed by atoms with van der Waals surface area (Å²) in [7, 11) is -11.1.